The lowest BCUT2D eigenvalue weighted by atomic mass is 9.97. The van der Waals surface area contributed by atoms with Crippen molar-refractivity contribution in [1.29, 1.82) is 0 Å². The van der Waals surface area contributed by atoms with E-state index in [1.807, 2.05) is 26.0 Å². The van der Waals surface area contributed by atoms with Gasteiger partial charge in [0.05, 0.1) is 17.2 Å². The van der Waals surface area contributed by atoms with E-state index in [2.05, 4.69) is 4.98 Å². The van der Waals surface area contributed by atoms with Crippen LogP contribution in [-0.4, -0.2) is 23.1 Å². The molecule has 2 bridgehead atoms. The van der Waals surface area contributed by atoms with Crippen molar-refractivity contribution in [2.45, 2.75) is 51.7 Å². The van der Waals surface area contributed by atoms with Crippen LogP contribution in [0.5, 0.6) is 11.5 Å². The Morgan fingerprint density at radius 2 is 2.08 bits per heavy atom. The summed E-state index contributed by atoms with van der Waals surface area (Å²) in [5.41, 5.74) is 6.57. The molecule has 3 atom stereocenters. The van der Waals surface area contributed by atoms with Gasteiger partial charge in [0, 0.05) is 11.6 Å². The highest BCUT2D eigenvalue weighted by atomic mass is 16.5. The number of pyridine rings is 1. The third kappa shape index (κ3) is 3.03. The molecule has 2 aromatic rings. The first-order valence-electron chi connectivity index (χ1n) is 9.07. The van der Waals surface area contributed by atoms with Crippen molar-refractivity contribution in [3.8, 4) is 11.5 Å². The van der Waals surface area contributed by atoms with Crippen LogP contribution in [0, 0.1) is 11.8 Å². The fourth-order valence-electron chi connectivity index (χ4n) is 4.29. The molecule has 1 aromatic carbocycles. The minimum absolute atomic E-state index is 0.0536. The molecule has 2 N–H and O–H groups in total. The number of nitrogens with zero attached hydrogens (tertiary/aromatic N) is 1. The number of hydrogen-bond acceptors (Lipinski definition) is 4. The number of amides is 1. The molecule has 5 nitrogen and oxygen atoms in total. The molecule has 1 heterocycles. The number of ether oxygens (including phenoxy) is 2. The third-order valence-corrected chi connectivity index (χ3v) is 5.38. The monoisotopic (exact) mass is 340 g/mol. The molecule has 2 aliphatic rings. The van der Waals surface area contributed by atoms with E-state index in [1.165, 1.54) is 19.3 Å². The molecule has 4 rings (SSSR count). The van der Waals surface area contributed by atoms with Crippen molar-refractivity contribution in [2.24, 2.45) is 17.6 Å². The summed E-state index contributed by atoms with van der Waals surface area (Å²) in [7, 11) is 0. The molecule has 1 aromatic heterocycles. The Kier molecular flexibility index (Phi) is 4.02. The Hall–Kier alpha value is -2.30. The average Bonchev–Trinajstić information content (AvgIpc) is 3.17. The fourth-order valence-corrected chi connectivity index (χ4v) is 4.29. The van der Waals surface area contributed by atoms with Gasteiger partial charge in [-0.05, 0) is 69.6 Å². The van der Waals surface area contributed by atoms with Gasteiger partial charge in [0.2, 0.25) is 0 Å². The minimum atomic E-state index is -0.515. The van der Waals surface area contributed by atoms with E-state index in [-0.39, 0.29) is 12.2 Å². The predicted octanol–water partition coefficient (Wildman–Crippen LogP) is 3.69. The molecule has 2 fully saturated rings. The van der Waals surface area contributed by atoms with Gasteiger partial charge in [-0.15, -0.1) is 0 Å². The van der Waals surface area contributed by atoms with E-state index in [4.69, 9.17) is 15.2 Å². The smallest absolute Gasteiger partial charge is 0.252 e. The molecule has 2 aliphatic carbocycles. The van der Waals surface area contributed by atoms with Crippen molar-refractivity contribution in [2.75, 3.05) is 0 Å². The molecule has 1 amide bonds. The van der Waals surface area contributed by atoms with Crippen molar-refractivity contribution in [1.82, 2.24) is 4.98 Å². The zero-order valence-corrected chi connectivity index (χ0v) is 14.7. The Morgan fingerprint density at radius 1 is 1.24 bits per heavy atom. The van der Waals surface area contributed by atoms with Crippen molar-refractivity contribution < 1.29 is 14.3 Å². The van der Waals surface area contributed by atoms with Crippen molar-refractivity contribution in [3.05, 3.63) is 30.0 Å². The fraction of sp³-hybridized carbons (Fsp3) is 0.500. The van der Waals surface area contributed by atoms with Crippen LogP contribution in [0.25, 0.3) is 10.9 Å². The standard InChI is InChI=1S/C20H24N2O3/c1-11(2)24-19-10-14-16(9-15(19)20(21)23)22-6-5-17(14)25-18-8-12-3-4-13(18)7-12/h5-6,9-13,18H,3-4,7-8H2,1-2H3,(H2,21,23). The maximum atomic E-state index is 11.8. The SMILES string of the molecule is CC(C)Oc1cc2c(OC3CC4CCC3C4)ccnc2cc1C(N)=O. The van der Waals surface area contributed by atoms with Gasteiger partial charge in [-0.25, -0.2) is 0 Å². The summed E-state index contributed by atoms with van der Waals surface area (Å²) in [5.74, 6) is 2.28. The van der Waals surface area contributed by atoms with Crippen LogP contribution in [0.1, 0.15) is 49.9 Å². The number of carbonyl (C=O) groups is 1. The van der Waals surface area contributed by atoms with Gasteiger partial charge < -0.3 is 15.2 Å². The van der Waals surface area contributed by atoms with Gasteiger partial charge in [0.15, 0.2) is 0 Å². The van der Waals surface area contributed by atoms with E-state index in [0.29, 0.717) is 22.7 Å². The van der Waals surface area contributed by atoms with Crippen LogP contribution in [0.15, 0.2) is 24.4 Å². The van der Waals surface area contributed by atoms with Crippen LogP contribution < -0.4 is 15.2 Å². The lowest BCUT2D eigenvalue weighted by molar-refractivity contribution is 0.0994. The van der Waals surface area contributed by atoms with Crippen molar-refractivity contribution in [3.63, 3.8) is 0 Å². The Bertz CT molecular complexity index is 818. The summed E-state index contributed by atoms with van der Waals surface area (Å²) in [4.78, 5) is 16.2. The lowest BCUT2D eigenvalue weighted by Gasteiger charge is -2.24. The molecular weight excluding hydrogens is 316 g/mol. The van der Waals surface area contributed by atoms with Crippen LogP contribution in [-0.2, 0) is 0 Å². The molecule has 0 spiro atoms. The van der Waals surface area contributed by atoms with E-state index in [1.54, 1.807) is 12.3 Å². The van der Waals surface area contributed by atoms with Gasteiger partial charge in [-0.1, -0.05) is 0 Å². The Balaban J connectivity index is 1.73. The van der Waals surface area contributed by atoms with Gasteiger partial charge in [0.1, 0.15) is 17.6 Å². The summed E-state index contributed by atoms with van der Waals surface area (Å²) in [6, 6.07) is 5.44. The van der Waals surface area contributed by atoms with Crippen LogP contribution in [0.3, 0.4) is 0 Å². The maximum Gasteiger partial charge on any atom is 0.252 e. The highest BCUT2D eigenvalue weighted by molar-refractivity contribution is 6.01. The molecule has 132 valence electrons. The first kappa shape index (κ1) is 16.2. The lowest BCUT2D eigenvalue weighted by Crippen LogP contribution is -2.23. The molecule has 25 heavy (non-hydrogen) atoms. The number of primary amides is 1. The number of fused-ring (bicyclic) bond motifs is 3. The van der Waals surface area contributed by atoms with Crippen LogP contribution >= 0.6 is 0 Å². The maximum absolute atomic E-state index is 11.8. The molecule has 2 saturated carbocycles. The summed E-state index contributed by atoms with van der Waals surface area (Å²) >= 11 is 0. The first-order valence-corrected chi connectivity index (χ1v) is 9.07. The Labute approximate surface area is 147 Å². The molecular formula is C20H24N2O3. The Morgan fingerprint density at radius 3 is 2.72 bits per heavy atom. The van der Waals surface area contributed by atoms with E-state index < -0.39 is 5.91 Å². The van der Waals surface area contributed by atoms with Crippen molar-refractivity contribution >= 4 is 16.8 Å². The van der Waals surface area contributed by atoms with E-state index in [0.717, 1.165) is 23.5 Å². The first-order chi connectivity index (χ1) is 12.0. The second-order valence-corrected chi connectivity index (χ2v) is 7.54. The number of aromatic nitrogens is 1. The normalized spacial score (nSPS) is 24.8. The molecule has 0 radical (unpaired) electrons. The number of carbonyl (C=O) groups excluding carboxylic acids is 1. The second-order valence-electron chi connectivity index (χ2n) is 7.54. The molecule has 0 aliphatic heterocycles. The van der Waals surface area contributed by atoms with Crippen LogP contribution in [0.4, 0.5) is 0 Å². The largest absolute Gasteiger partial charge is 0.490 e. The molecule has 5 heteroatoms. The zero-order valence-electron chi connectivity index (χ0n) is 14.7. The highest BCUT2D eigenvalue weighted by Crippen LogP contribution is 2.46. The second kappa shape index (κ2) is 6.21. The van der Waals surface area contributed by atoms with Gasteiger partial charge >= 0.3 is 0 Å². The number of nitrogens with two attached hydrogens (primary N) is 1. The van der Waals surface area contributed by atoms with Gasteiger partial charge in [-0.3, -0.25) is 9.78 Å². The van der Waals surface area contributed by atoms with Crippen LogP contribution in [0.2, 0.25) is 0 Å². The number of benzene rings is 1. The summed E-state index contributed by atoms with van der Waals surface area (Å²) in [6.45, 7) is 3.84. The number of rotatable bonds is 5. The average molecular weight is 340 g/mol. The van der Waals surface area contributed by atoms with Gasteiger partial charge in [-0.2, -0.15) is 0 Å². The number of hydrogen-bond donors (Lipinski definition) is 1. The van der Waals surface area contributed by atoms with E-state index >= 15 is 0 Å². The topological polar surface area (TPSA) is 74.4 Å². The van der Waals surface area contributed by atoms with E-state index in [9.17, 15) is 4.79 Å². The molecule has 3 unspecified atom stereocenters. The quantitative estimate of drug-likeness (QED) is 0.901. The van der Waals surface area contributed by atoms with Gasteiger partial charge in [0.25, 0.3) is 5.91 Å². The summed E-state index contributed by atoms with van der Waals surface area (Å²) in [5, 5.41) is 0.867. The predicted molar refractivity (Wildman–Crippen MR) is 95.9 cm³/mol. The zero-order chi connectivity index (χ0) is 17.6. The molecule has 0 saturated heterocycles. The highest BCUT2D eigenvalue weighted by Gasteiger charge is 2.41. The summed E-state index contributed by atoms with van der Waals surface area (Å²) < 4.78 is 12.2. The summed E-state index contributed by atoms with van der Waals surface area (Å²) in [6.07, 6.45) is 7.00. The minimum Gasteiger partial charge on any atom is -0.490 e. The third-order valence-electron chi connectivity index (χ3n) is 5.38.